The molecule has 0 aliphatic carbocycles. The number of benzene rings is 1. The molecule has 1 heterocycles. The van der Waals surface area contributed by atoms with E-state index in [-0.39, 0.29) is 12.5 Å². The van der Waals surface area contributed by atoms with Gasteiger partial charge in [-0.3, -0.25) is 4.79 Å². The molecule has 1 N–H and O–H groups in total. The fraction of sp³-hybridized carbons (Fsp3) is 0.350. The third-order valence-electron chi connectivity index (χ3n) is 4.28. The monoisotopic (exact) mass is 355 g/mol. The largest absolute Gasteiger partial charge is 0.464 e. The Morgan fingerprint density at radius 1 is 1.31 bits per heavy atom. The minimum atomic E-state index is -0.714. The number of hydrogen-bond acceptors (Lipinski definition) is 4. The molecule has 138 valence electrons. The molecule has 2 aromatic rings. The zero-order valence-electron chi connectivity index (χ0n) is 15.4. The predicted octanol–water partition coefficient (Wildman–Crippen LogP) is 2.53. The van der Waals surface area contributed by atoms with E-state index >= 15 is 0 Å². The van der Waals surface area contributed by atoms with Gasteiger partial charge >= 0.3 is 5.97 Å². The Kier molecular flexibility index (Phi) is 7.14. The number of carbonyl (C=O) groups excluding carboxylic acids is 2. The van der Waals surface area contributed by atoms with Crippen molar-refractivity contribution in [1.29, 1.82) is 0 Å². The molecule has 0 aliphatic rings. The molecule has 0 unspecified atom stereocenters. The average molecular weight is 355 g/mol. The van der Waals surface area contributed by atoms with Crippen LogP contribution >= 0.6 is 0 Å². The van der Waals surface area contributed by atoms with Gasteiger partial charge in [0.2, 0.25) is 5.91 Å². The van der Waals surface area contributed by atoms with Gasteiger partial charge in [0, 0.05) is 37.4 Å². The second-order valence-corrected chi connectivity index (χ2v) is 6.09. The first-order valence-corrected chi connectivity index (χ1v) is 8.60. The maximum absolute atomic E-state index is 12.6. The van der Waals surface area contributed by atoms with E-state index in [1.807, 2.05) is 30.3 Å². The summed E-state index contributed by atoms with van der Waals surface area (Å²) in [6.45, 7) is 3.79. The molecular formula is C20H25N3O3. The first kappa shape index (κ1) is 19.4. The highest BCUT2D eigenvalue weighted by atomic mass is 16.5. The van der Waals surface area contributed by atoms with Crippen molar-refractivity contribution in [3.8, 4) is 0 Å². The molecule has 1 aromatic carbocycles. The number of esters is 1. The highest BCUT2D eigenvalue weighted by Gasteiger charge is 2.29. The lowest BCUT2D eigenvalue weighted by molar-refractivity contribution is -0.153. The number of ether oxygens (including phenoxy) is 1. The molecule has 2 rings (SSSR count). The molecule has 6 heteroatoms. The fourth-order valence-electron chi connectivity index (χ4n) is 2.54. The number of aromatic amines is 1. The maximum atomic E-state index is 12.6. The summed E-state index contributed by atoms with van der Waals surface area (Å²) in [7, 11) is 1.62. The van der Waals surface area contributed by atoms with Gasteiger partial charge in [0.05, 0.1) is 12.9 Å². The number of H-pyrrole nitrogens is 1. The number of imidazole rings is 1. The second kappa shape index (κ2) is 9.56. The van der Waals surface area contributed by atoms with Crippen molar-refractivity contribution >= 4 is 11.9 Å². The number of nitrogens with zero attached hydrogens (tertiary/aromatic N) is 2. The van der Waals surface area contributed by atoms with E-state index in [1.165, 1.54) is 4.90 Å². The molecule has 26 heavy (non-hydrogen) atoms. The molecule has 0 aliphatic heterocycles. The predicted molar refractivity (Wildman–Crippen MR) is 99.4 cm³/mol. The van der Waals surface area contributed by atoms with E-state index in [2.05, 4.69) is 9.97 Å². The van der Waals surface area contributed by atoms with Crippen LogP contribution in [-0.2, 0) is 27.2 Å². The molecule has 0 spiro atoms. The van der Waals surface area contributed by atoms with Crippen LogP contribution in [-0.4, -0.2) is 46.4 Å². The van der Waals surface area contributed by atoms with E-state index in [0.717, 1.165) is 11.3 Å². The fourth-order valence-corrected chi connectivity index (χ4v) is 2.54. The van der Waals surface area contributed by atoms with Gasteiger partial charge in [0.15, 0.2) is 0 Å². The van der Waals surface area contributed by atoms with E-state index in [4.69, 9.17) is 4.74 Å². The van der Waals surface area contributed by atoms with Crippen molar-refractivity contribution in [3.05, 3.63) is 65.8 Å². The first-order chi connectivity index (χ1) is 12.5. The number of carbonyl (C=O) groups is 2. The number of likely N-dealkylation sites (N-methyl/N-ethyl adjacent to an activating group) is 1. The Morgan fingerprint density at radius 3 is 2.65 bits per heavy atom. The Hall–Kier alpha value is -2.89. The van der Waals surface area contributed by atoms with Crippen LogP contribution in [0.3, 0.4) is 0 Å². The second-order valence-electron chi connectivity index (χ2n) is 6.09. The number of allylic oxidation sites excluding steroid dienone is 1. The van der Waals surface area contributed by atoms with Crippen LogP contribution in [0.1, 0.15) is 25.1 Å². The zero-order chi connectivity index (χ0) is 18.9. The quantitative estimate of drug-likeness (QED) is 0.583. The van der Waals surface area contributed by atoms with Gasteiger partial charge in [-0.1, -0.05) is 36.4 Å². The molecule has 0 radical (unpaired) electrons. The van der Waals surface area contributed by atoms with E-state index in [0.29, 0.717) is 18.4 Å². The Bertz CT molecular complexity index is 739. The molecule has 1 amide bonds. The molecule has 0 saturated carbocycles. The summed E-state index contributed by atoms with van der Waals surface area (Å²) in [6.07, 6.45) is 5.88. The lowest BCUT2D eigenvalue weighted by Crippen LogP contribution is -2.45. The Balaban J connectivity index is 2.04. The standard InChI is InChI=1S/C20H25N3O3/c1-4-15(2)19(24)23(3)18(12-17-13-21-14-22-17)20(25)26-11-10-16-8-6-5-7-9-16/h4-9,13-14,18H,10-12H2,1-3H3,(H,21,22)/t18-/m0/s1. The third-order valence-corrected chi connectivity index (χ3v) is 4.28. The van der Waals surface area contributed by atoms with Crippen LogP contribution in [0, 0.1) is 0 Å². The van der Waals surface area contributed by atoms with Crippen LogP contribution in [0.2, 0.25) is 0 Å². The van der Waals surface area contributed by atoms with Gasteiger partial charge in [0.1, 0.15) is 6.04 Å². The van der Waals surface area contributed by atoms with Crippen LogP contribution in [0.5, 0.6) is 0 Å². The Morgan fingerprint density at radius 2 is 2.04 bits per heavy atom. The Labute approximate surface area is 153 Å². The summed E-state index contributed by atoms with van der Waals surface area (Å²) >= 11 is 0. The topological polar surface area (TPSA) is 75.3 Å². The van der Waals surface area contributed by atoms with Crippen molar-refractivity contribution in [3.63, 3.8) is 0 Å². The van der Waals surface area contributed by atoms with E-state index in [9.17, 15) is 9.59 Å². The molecule has 0 fully saturated rings. The summed E-state index contributed by atoms with van der Waals surface area (Å²) in [5.41, 5.74) is 2.45. The van der Waals surface area contributed by atoms with Crippen molar-refractivity contribution in [2.45, 2.75) is 32.7 Å². The number of aromatic nitrogens is 2. The van der Waals surface area contributed by atoms with E-state index < -0.39 is 12.0 Å². The number of nitrogens with one attached hydrogen (secondary N) is 1. The number of hydrogen-bond donors (Lipinski definition) is 1. The van der Waals surface area contributed by atoms with Crippen LogP contribution < -0.4 is 0 Å². The third kappa shape index (κ3) is 5.31. The maximum Gasteiger partial charge on any atom is 0.329 e. The summed E-state index contributed by atoms with van der Waals surface area (Å²) in [5, 5.41) is 0. The average Bonchev–Trinajstić information content (AvgIpc) is 3.18. The molecular weight excluding hydrogens is 330 g/mol. The zero-order valence-corrected chi connectivity index (χ0v) is 15.4. The molecule has 1 atom stereocenters. The summed E-state index contributed by atoms with van der Waals surface area (Å²) in [5.74, 6) is -0.618. The summed E-state index contributed by atoms with van der Waals surface area (Å²) < 4.78 is 5.45. The number of amides is 1. The molecule has 6 nitrogen and oxygen atoms in total. The minimum absolute atomic E-state index is 0.197. The lowest BCUT2D eigenvalue weighted by atomic mass is 10.1. The van der Waals surface area contributed by atoms with Gasteiger partial charge in [-0.2, -0.15) is 0 Å². The van der Waals surface area contributed by atoms with Crippen LogP contribution in [0.4, 0.5) is 0 Å². The number of rotatable bonds is 8. The van der Waals surface area contributed by atoms with Gasteiger partial charge < -0.3 is 14.6 Å². The summed E-state index contributed by atoms with van der Waals surface area (Å²) in [6, 6.07) is 9.10. The van der Waals surface area contributed by atoms with Crippen molar-refractivity contribution < 1.29 is 14.3 Å². The van der Waals surface area contributed by atoms with Crippen molar-refractivity contribution in [2.75, 3.05) is 13.7 Å². The lowest BCUT2D eigenvalue weighted by Gasteiger charge is -2.26. The van der Waals surface area contributed by atoms with E-state index in [1.54, 1.807) is 39.5 Å². The van der Waals surface area contributed by atoms with Crippen LogP contribution in [0.25, 0.3) is 0 Å². The van der Waals surface area contributed by atoms with Crippen LogP contribution in [0.15, 0.2) is 54.5 Å². The molecule has 1 aromatic heterocycles. The molecule has 0 saturated heterocycles. The minimum Gasteiger partial charge on any atom is -0.464 e. The van der Waals surface area contributed by atoms with Crippen molar-refractivity contribution in [2.24, 2.45) is 0 Å². The van der Waals surface area contributed by atoms with Gasteiger partial charge in [-0.05, 0) is 19.4 Å². The smallest absolute Gasteiger partial charge is 0.329 e. The van der Waals surface area contributed by atoms with Gasteiger partial charge in [-0.15, -0.1) is 0 Å². The van der Waals surface area contributed by atoms with Gasteiger partial charge in [-0.25, -0.2) is 9.78 Å². The van der Waals surface area contributed by atoms with Crippen molar-refractivity contribution in [1.82, 2.24) is 14.9 Å². The first-order valence-electron chi connectivity index (χ1n) is 8.60. The van der Waals surface area contributed by atoms with Gasteiger partial charge in [0.25, 0.3) is 0 Å². The highest BCUT2D eigenvalue weighted by Crippen LogP contribution is 2.11. The highest BCUT2D eigenvalue weighted by molar-refractivity contribution is 5.95. The SMILES string of the molecule is CC=C(C)C(=O)N(C)[C@@H](Cc1cnc[nH]1)C(=O)OCCc1ccccc1. The molecule has 0 bridgehead atoms. The normalized spacial score (nSPS) is 12.5. The summed E-state index contributed by atoms with van der Waals surface area (Å²) in [4.78, 5) is 33.5.